The van der Waals surface area contributed by atoms with Crippen molar-refractivity contribution in [2.24, 2.45) is 0 Å². The number of aliphatic hydroxyl groups is 1. The molecule has 2 atom stereocenters. The summed E-state index contributed by atoms with van der Waals surface area (Å²) in [5.41, 5.74) is -0.0674. The molecular weight excluding hydrogens is 244 g/mol. The Balaban J connectivity index is 1.56. The van der Waals surface area contributed by atoms with Crippen LogP contribution in [0.4, 0.5) is 0 Å². The van der Waals surface area contributed by atoms with Gasteiger partial charge < -0.3 is 14.6 Å². The highest BCUT2D eigenvalue weighted by Crippen LogP contribution is 2.36. The predicted octanol–water partition coefficient (Wildman–Crippen LogP) is 0.686. The molecule has 3 heterocycles. The molecule has 5 heteroatoms. The fraction of sp³-hybridized carbons (Fsp3) is 0.643. The van der Waals surface area contributed by atoms with Gasteiger partial charge >= 0.3 is 0 Å². The SMILES string of the molecule is OCCN1CC[C@@]2(C[C@H](Oc3cccnc3)CO2)C1. The van der Waals surface area contributed by atoms with Crippen molar-refractivity contribution in [1.29, 1.82) is 0 Å². The molecule has 104 valence electrons. The monoisotopic (exact) mass is 264 g/mol. The number of pyridine rings is 1. The van der Waals surface area contributed by atoms with E-state index in [4.69, 9.17) is 14.6 Å². The fourth-order valence-corrected chi connectivity index (χ4v) is 3.03. The average Bonchev–Trinajstić information content (AvgIpc) is 2.99. The molecule has 2 aliphatic heterocycles. The second-order valence-electron chi connectivity index (χ2n) is 5.38. The van der Waals surface area contributed by atoms with E-state index in [0.717, 1.165) is 38.2 Å². The number of β-amino-alcohol motifs (C(OH)–C–C–N with tert-alkyl or cyclic N) is 1. The first-order valence-electron chi connectivity index (χ1n) is 6.84. The Labute approximate surface area is 113 Å². The maximum absolute atomic E-state index is 8.99. The van der Waals surface area contributed by atoms with Crippen molar-refractivity contribution >= 4 is 0 Å². The molecule has 1 aromatic rings. The van der Waals surface area contributed by atoms with Gasteiger partial charge in [0.1, 0.15) is 11.9 Å². The number of hydrogen-bond donors (Lipinski definition) is 1. The number of hydrogen-bond acceptors (Lipinski definition) is 5. The lowest BCUT2D eigenvalue weighted by molar-refractivity contribution is 0.00896. The van der Waals surface area contributed by atoms with Crippen LogP contribution in [0.2, 0.25) is 0 Å². The first-order valence-corrected chi connectivity index (χ1v) is 6.84. The molecule has 5 nitrogen and oxygen atoms in total. The Bertz CT molecular complexity index is 414. The summed E-state index contributed by atoms with van der Waals surface area (Å²) in [4.78, 5) is 6.31. The molecule has 0 saturated carbocycles. The van der Waals surface area contributed by atoms with Crippen molar-refractivity contribution in [1.82, 2.24) is 9.88 Å². The van der Waals surface area contributed by atoms with Crippen LogP contribution < -0.4 is 4.74 Å². The zero-order valence-electron chi connectivity index (χ0n) is 11.0. The van der Waals surface area contributed by atoms with Gasteiger partial charge in [0.2, 0.25) is 0 Å². The molecule has 1 spiro atoms. The maximum Gasteiger partial charge on any atom is 0.138 e. The van der Waals surface area contributed by atoms with E-state index < -0.39 is 0 Å². The maximum atomic E-state index is 8.99. The quantitative estimate of drug-likeness (QED) is 0.867. The van der Waals surface area contributed by atoms with Gasteiger partial charge in [-0.1, -0.05) is 0 Å². The number of rotatable bonds is 4. The molecule has 0 aliphatic carbocycles. The first-order chi connectivity index (χ1) is 9.30. The van der Waals surface area contributed by atoms with Crippen LogP contribution in [0.5, 0.6) is 5.75 Å². The van der Waals surface area contributed by atoms with Crippen molar-refractivity contribution < 1.29 is 14.6 Å². The second kappa shape index (κ2) is 5.45. The van der Waals surface area contributed by atoms with Crippen molar-refractivity contribution in [2.45, 2.75) is 24.5 Å². The van der Waals surface area contributed by atoms with Crippen LogP contribution in [0.1, 0.15) is 12.8 Å². The predicted molar refractivity (Wildman–Crippen MR) is 70.1 cm³/mol. The Morgan fingerprint density at radius 3 is 3.32 bits per heavy atom. The molecule has 2 saturated heterocycles. The van der Waals surface area contributed by atoms with Gasteiger partial charge in [0.25, 0.3) is 0 Å². The molecule has 3 rings (SSSR count). The van der Waals surface area contributed by atoms with Gasteiger partial charge in [-0.05, 0) is 18.6 Å². The number of aliphatic hydroxyl groups excluding tert-OH is 1. The normalized spacial score (nSPS) is 31.1. The summed E-state index contributed by atoms with van der Waals surface area (Å²) in [5.74, 6) is 0.804. The van der Waals surface area contributed by atoms with E-state index in [0.29, 0.717) is 6.61 Å². The smallest absolute Gasteiger partial charge is 0.138 e. The van der Waals surface area contributed by atoms with E-state index in [-0.39, 0.29) is 18.3 Å². The molecule has 1 N–H and O–H groups in total. The van der Waals surface area contributed by atoms with Gasteiger partial charge in [-0.3, -0.25) is 9.88 Å². The van der Waals surface area contributed by atoms with E-state index in [1.165, 1.54) is 0 Å². The third-order valence-electron chi connectivity index (χ3n) is 3.92. The number of ether oxygens (including phenoxy) is 2. The van der Waals surface area contributed by atoms with Crippen LogP contribution in [-0.4, -0.2) is 59.5 Å². The van der Waals surface area contributed by atoms with Crippen LogP contribution in [-0.2, 0) is 4.74 Å². The first kappa shape index (κ1) is 12.8. The molecule has 0 radical (unpaired) electrons. The Kier molecular flexibility index (Phi) is 3.68. The van der Waals surface area contributed by atoms with Gasteiger partial charge in [0, 0.05) is 32.3 Å². The zero-order valence-corrected chi connectivity index (χ0v) is 11.0. The summed E-state index contributed by atoms with van der Waals surface area (Å²) < 4.78 is 11.9. The van der Waals surface area contributed by atoms with E-state index in [2.05, 4.69) is 9.88 Å². The molecular formula is C14H20N2O3. The second-order valence-corrected chi connectivity index (χ2v) is 5.38. The summed E-state index contributed by atoms with van der Waals surface area (Å²) in [6.07, 6.45) is 5.53. The average molecular weight is 264 g/mol. The molecule has 0 aromatic carbocycles. The van der Waals surface area contributed by atoms with Crippen molar-refractivity contribution in [3.63, 3.8) is 0 Å². The van der Waals surface area contributed by atoms with Crippen LogP contribution >= 0.6 is 0 Å². The van der Waals surface area contributed by atoms with Gasteiger partial charge in [0.15, 0.2) is 0 Å². The molecule has 1 aromatic heterocycles. The number of aromatic nitrogens is 1. The van der Waals surface area contributed by atoms with Crippen molar-refractivity contribution in [3.8, 4) is 5.75 Å². The lowest BCUT2D eigenvalue weighted by atomic mass is 9.98. The topological polar surface area (TPSA) is 54.8 Å². The van der Waals surface area contributed by atoms with E-state index in [1.807, 2.05) is 12.1 Å². The van der Waals surface area contributed by atoms with Gasteiger partial charge in [-0.25, -0.2) is 0 Å². The van der Waals surface area contributed by atoms with Gasteiger partial charge in [-0.2, -0.15) is 0 Å². The molecule has 0 unspecified atom stereocenters. The van der Waals surface area contributed by atoms with Crippen molar-refractivity contribution in [2.75, 3.05) is 32.8 Å². The fourth-order valence-electron chi connectivity index (χ4n) is 3.03. The van der Waals surface area contributed by atoms with Crippen molar-refractivity contribution in [3.05, 3.63) is 24.5 Å². The molecule has 2 aliphatic rings. The van der Waals surface area contributed by atoms with E-state index in [9.17, 15) is 0 Å². The third-order valence-corrected chi connectivity index (χ3v) is 3.92. The lowest BCUT2D eigenvalue weighted by Gasteiger charge is -2.23. The van der Waals surface area contributed by atoms with Crippen LogP contribution in [0.15, 0.2) is 24.5 Å². The zero-order chi connectivity index (χ0) is 13.1. The summed E-state index contributed by atoms with van der Waals surface area (Å²) in [6, 6.07) is 3.80. The van der Waals surface area contributed by atoms with E-state index >= 15 is 0 Å². The highest BCUT2D eigenvalue weighted by molar-refractivity contribution is 5.16. The van der Waals surface area contributed by atoms with Crippen LogP contribution in [0.3, 0.4) is 0 Å². The van der Waals surface area contributed by atoms with Gasteiger partial charge in [0.05, 0.1) is 25.0 Å². The lowest BCUT2D eigenvalue weighted by Crippen LogP contribution is -2.34. The molecule has 2 fully saturated rings. The highest BCUT2D eigenvalue weighted by Gasteiger charge is 2.46. The Morgan fingerprint density at radius 1 is 1.58 bits per heavy atom. The molecule has 19 heavy (non-hydrogen) atoms. The molecule has 0 amide bonds. The highest BCUT2D eigenvalue weighted by atomic mass is 16.6. The minimum atomic E-state index is -0.0674. The summed E-state index contributed by atoms with van der Waals surface area (Å²) in [6.45, 7) is 3.49. The summed E-state index contributed by atoms with van der Waals surface area (Å²) in [7, 11) is 0. The van der Waals surface area contributed by atoms with E-state index in [1.54, 1.807) is 12.4 Å². The Hall–Kier alpha value is -1.17. The Morgan fingerprint density at radius 2 is 2.53 bits per heavy atom. The van der Waals surface area contributed by atoms with Crippen LogP contribution in [0.25, 0.3) is 0 Å². The minimum absolute atomic E-state index is 0.0674. The third kappa shape index (κ3) is 2.88. The standard InChI is InChI=1S/C14H20N2O3/c17-7-6-16-5-3-14(11-16)8-13(10-18-14)19-12-2-1-4-15-9-12/h1-2,4,9,13,17H,3,5-8,10-11H2/t13-,14+/m0/s1. The number of nitrogens with zero attached hydrogens (tertiary/aromatic N) is 2. The summed E-state index contributed by atoms with van der Waals surface area (Å²) in [5, 5.41) is 8.99. The minimum Gasteiger partial charge on any atom is -0.486 e. The van der Waals surface area contributed by atoms with Gasteiger partial charge in [-0.15, -0.1) is 0 Å². The largest absolute Gasteiger partial charge is 0.486 e. The number of likely N-dealkylation sites (tertiary alicyclic amines) is 1. The summed E-state index contributed by atoms with van der Waals surface area (Å²) >= 11 is 0. The molecule has 0 bridgehead atoms. The van der Waals surface area contributed by atoms with Crippen LogP contribution in [0, 0.1) is 0 Å².